The fraction of sp³-hybridized carbons (Fsp3) is 0.588. The van der Waals surface area contributed by atoms with E-state index in [1.807, 2.05) is 6.07 Å². The molecule has 0 spiro atoms. The predicted octanol–water partition coefficient (Wildman–Crippen LogP) is 3.73. The van der Waals surface area contributed by atoms with Crippen LogP contribution >= 0.6 is 11.8 Å². The van der Waals surface area contributed by atoms with Crippen LogP contribution in [0.15, 0.2) is 28.3 Å². The molecule has 1 aromatic carbocycles. The fourth-order valence-corrected chi connectivity index (χ4v) is 5.57. The lowest BCUT2D eigenvalue weighted by molar-refractivity contribution is 0.346. The molecule has 0 amide bonds. The molecule has 0 aliphatic carbocycles. The van der Waals surface area contributed by atoms with E-state index < -0.39 is 10.0 Å². The monoisotopic (exact) mass is 367 g/mol. The first-order valence-electron chi connectivity index (χ1n) is 8.60. The first kappa shape index (κ1) is 17.8. The van der Waals surface area contributed by atoms with E-state index in [0.717, 1.165) is 42.0 Å². The van der Waals surface area contributed by atoms with Gasteiger partial charge in [0.2, 0.25) is 10.0 Å². The van der Waals surface area contributed by atoms with E-state index in [2.05, 4.69) is 30.3 Å². The van der Waals surface area contributed by atoms with Gasteiger partial charge in [0.1, 0.15) is 0 Å². The van der Waals surface area contributed by atoms with Crippen LogP contribution < -0.4 is 0 Å². The normalized spacial score (nSPS) is 17.0. The number of hydrogen-bond acceptors (Lipinski definition) is 4. The minimum Gasteiger partial charge on any atom is -0.319 e. The highest BCUT2D eigenvalue weighted by Crippen LogP contribution is 2.29. The first-order chi connectivity index (χ1) is 11.4. The van der Waals surface area contributed by atoms with Crippen molar-refractivity contribution in [1.29, 1.82) is 0 Å². The number of aromatic nitrogens is 2. The molecule has 1 aromatic heterocycles. The van der Waals surface area contributed by atoms with E-state index >= 15 is 0 Å². The maximum Gasteiger partial charge on any atom is 0.243 e. The molecule has 1 aliphatic heterocycles. The number of nitrogens with zero attached hydrogens (tertiary/aromatic N) is 3. The Morgan fingerprint density at radius 1 is 1.21 bits per heavy atom. The standard InChI is InChI=1S/C17H25N3O2S2/c1-4-20-16-9-8-14(12-15(16)18-17(20)23-13(2)3)24(21,22)19-10-6-5-7-11-19/h8-9,12-13H,4-7,10-11H2,1-3H3. The number of thioether (sulfide) groups is 1. The molecule has 0 atom stereocenters. The zero-order valence-electron chi connectivity index (χ0n) is 14.5. The summed E-state index contributed by atoms with van der Waals surface area (Å²) in [6, 6.07) is 5.35. The van der Waals surface area contributed by atoms with Gasteiger partial charge < -0.3 is 4.57 Å². The largest absolute Gasteiger partial charge is 0.319 e. The molecule has 5 nitrogen and oxygen atoms in total. The molecular weight excluding hydrogens is 342 g/mol. The van der Waals surface area contributed by atoms with Gasteiger partial charge in [-0.3, -0.25) is 0 Å². The SMILES string of the molecule is CCn1c(SC(C)C)nc2cc(S(=O)(=O)N3CCCCC3)ccc21. The van der Waals surface area contributed by atoms with Crippen molar-refractivity contribution < 1.29 is 8.42 Å². The Kier molecular flexibility index (Phi) is 5.22. The molecule has 7 heteroatoms. The molecule has 0 N–H and O–H groups in total. The molecule has 1 fully saturated rings. The second kappa shape index (κ2) is 7.06. The second-order valence-electron chi connectivity index (χ2n) is 6.42. The van der Waals surface area contributed by atoms with Crippen molar-refractivity contribution in [2.24, 2.45) is 0 Å². The first-order valence-corrected chi connectivity index (χ1v) is 10.9. The van der Waals surface area contributed by atoms with Gasteiger partial charge in [-0.15, -0.1) is 0 Å². The molecule has 0 radical (unpaired) electrons. The van der Waals surface area contributed by atoms with E-state index in [1.54, 1.807) is 28.2 Å². The maximum atomic E-state index is 12.9. The van der Waals surface area contributed by atoms with Crippen molar-refractivity contribution in [3.63, 3.8) is 0 Å². The van der Waals surface area contributed by atoms with Crippen LogP contribution in [0.2, 0.25) is 0 Å². The third-order valence-corrected chi connectivity index (χ3v) is 7.18. The van der Waals surface area contributed by atoms with Crippen molar-refractivity contribution in [2.45, 2.75) is 61.9 Å². The van der Waals surface area contributed by atoms with E-state index in [4.69, 9.17) is 0 Å². The molecular formula is C17H25N3O2S2. The van der Waals surface area contributed by atoms with Crippen LogP contribution in [0.1, 0.15) is 40.0 Å². The Hall–Kier alpha value is -1.05. The molecule has 24 heavy (non-hydrogen) atoms. The van der Waals surface area contributed by atoms with Gasteiger partial charge in [0.05, 0.1) is 15.9 Å². The number of aryl methyl sites for hydroxylation is 1. The number of piperidine rings is 1. The number of fused-ring (bicyclic) bond motifs is 1. The Labute approximate surface area is 148 Å². The van der Waals surface area contributed by atoms with E-state index in [0.29, 0.717) is 23.2 Å². The van der Waals surface area contributed by atoms with E-state index in [9.17, 15) is 8.42 Å². The van der Waals surface area contributed by atoms with Gasteiger partial charge >= 0.3 is 0 Å². The molecule has 0 saturated carbocycles. The van der Waals surface area contributed by atoms with Crippen LogP contribution in [-0.4, -0.2) is 40.6 Å². The Morgan fingerprint density at radius 2 is 1.92 bits per heavy atom. The zero-order chi connectivity index (χ0) is 17.3. The minimum atomic E-state index is -3.41. The highest BCUT2D eigenvalue weighted by molar-refractivity contribution is 7.99. The van der Waals surface area contributed by atoms with Gasteiger partial charge in [0.25, 0.3) is 0 Å². The highest BCUT2D eigenvalue weighted by Gasteiger charge is 2.26. The Morgan fingerprint density at radius 3 is 2.54 bits per heavy atom. The number of imidazole rings is 1. The quantitative estimate of drug-likeness (QED) is 0.756. The average Bonchev–Trinajstić information content (AvgIpc) is 2.90. The topological polar surface area (TPSA) is 55.2 Å². The van der Waals surface area contributed by atoms with Crippen molar-refractivity contribution in [3.05, 3.63) is 18.2 Å². The molecule has 2 aromatic rings. The lowest BCUT2D eigenvalue weighted by Gasteiger charge is -2.25. The zero-order valence-corrected chi connectivity index (χ0v) is 16.2. The predicted molar refractivity (Wildman–Crippen MR) is 99.0 cm³/mol. The van der Waals surface area contributed by atoms with Crippen LogP contribution in [0.4, 0.5) is 0 Å². The molecule has 0 bridgehead atoms. The highest BCUT2D eigenvalue weighted by atomic mass is 32.2. The van der Waals surface area contributed by atoms with Crippen LogP contribution in [0, 0.1) is 0 Å². The summed E-state index contributed by atoms with van der Waals surface area (Å²) < 4.78 is 29.5. The number of hydrogen-bond donors (Lipinski definition) is 0. The van der Waals surface area contributed by atoms with Gasteiger partial charge in [-0.1, -0.05) is 32.0 Å². The summed E-state index contributed by atoms with van der Waals surface area (Å²) in [4.78, 5) is 5.05. The smallest absolute Gasteiger partial charge is 0.243 e. The Bertz CT molecular complexity index is 822. The van der Waals surface area contributed by atoms with E-state index in [1.165, 1.54) is 0 Å². The molecule has 132 valence electrons. The third kappa shape index (κ3) is 3.34. The Balaban J connectivity index is 2.02. The van der Waals surface area contributed by atoms with Crippen molar-refractivity contribution >= 4 is 32.8 Å². The van der Waals surface area contributed by atoms with Gasteiger partial charge in [-0.2, -0.15) is 4.31 Å². The summed E-state index contributed by atoms with van der Waals surface area (Å²) in [7, 11) is -3.41. The molecule has 2 heterocycles. The van der Waals surface area contributed by atoms with Crippen molar-refractivity contribution in [1.82, 2.24) is 13.9 Å². The van der Waals surface area contributed by atoms with Gasteiger partial charge in [0, 0.05) is 24.9 Å². The summed E-state index contributed by atoms with van der Waals surface area (Å²) in [5.41, 5.74) is 1.76. The summed E-state index contributed by atoms with van der Waals surface area (Å²) in [6.45, 7) is 8.43. The molecule has 3 rings (SSSR count). The lowest BCUT2D eigenvalue weighted by atomic mass is 10.2. The third-order valence-electron chi connectivity index (χ3n) is 4.29. The van der Waals surface area contributed by atoms with Crippen LogP contribution in [0.25, 0.3) is 11.0 Å². The fourth-order valence-electron chi connectivity index (χ4n) is 3.11. The molecule has 1 saturated heterocycles. The second-order valence-corrected chi connectivity index (χ2v) is 9.90. The number of rotatable bonds is 5. The maximum absolute atomic E-state index is 12.9. The van der Waals surface area contributed by atoms with Gasteiger partial charge in [0.15, 0.2) is 5.16 Å². The summed E-state index contributed by atoms with van der Waals surface area (Å²) >= 11 is 1.71. The summed E-state index contributed by atoms with van der Waals surface area (Å²) in [6.07, 6.45) is 3.00. The molecule has 1 aliphatic rings. The van der Waals surface area contributed by atoms with Crippen LogP contribution in [0.3, 0.4) is 0 Å². The van der Waals surface area contributed by atoms with Gasteiger partial charge in [-0.25, -0.2) is 13.4 Å². The number of sulfonamides is 1. The number of benzene rings is 1. The minimum absolute atomic E-state index is 0.360. The van der Waals surface area contributed by atoms with Crippen molar-refractivity contribution in [3.8, 4) is 0 Å². The van der Waals surface area contributed by atoms with Crippen LogP contribution in [0.5, 0.6) is 0 Å². The van der Waals surface area contributed by atoms with E-state index in [-0.39, 0.29) is 0 Å². The van der Waals surface area contributed by atoms with Crippen molar-refractivity contribution in [2.75, 3.05) is 13.1 Å². The summed E-state index contributed by atoms with van der Waals surface area (Å²) in [5.74, 6) is 0. The molecule has 0 unspecified atom stereocenters. The average molecular weight is 368 g/mol. The summed E-state index contributed by atoms with van der Waals surface area (Å²) in [5, 5.41) is 1.39. The lowest BCUT2D eigenvalue weighted by Crippen LogP contribution is -2.35. The van der Waals surface area contributed by atoms with Crippen LogP contribution in [-0.2, 0) is 16.6 Å². The van der Waals surface area contributed by atoms with Gasteiger partial charge in [-0.05, 0) is 38.0 Å².